The minimum atomic E-state index is -1.10. The first kappa shape index (κ1) is 9.18. The van der Waals surface area contributed by atoms with Crippen molar-refractivity contribution in [2.45, 2.75) is 38.0 Å². The number of aliphatic carboxylic acids is 1. The van der Waals surface area contributed by atoms with Crippen molar-refractivity contribution in [2.24, 2.45) is 0 Å². The Kier molecular flexibility index (Phi) is 1.83. The van der Waals surface area contributed by atoms with Gasteiger partial charge in [-0.15, -0.1) is 0 Å². The van der Waals surface area contributed by atoms with Gasteiger partial charge >= 0.3 is 5.97 Å². The summed E-state index contributed by atoms with van der Waals surface area (Å²) in [6.45, 7) is 3.11. The van der Waals surface area contributed by atoms with Crippen LogP contribution in [0.25, 0.3) is 0 Å². The van der Waals surface area contributed by atoms with Gasteiger partial charge in [0.05, 0.1) is 0 Å². The van der Waals surface area contributed by atoms with Crippen LogP contribution in [0.1, 0.15) is 44.3 Å². The molecule has 76 valence electrons. The molecule has 1 saturated carbocycles. The Morgan fingerprint density at radius 1 is 1.57 bits per heavy atom. The van der Waals surface area contributed by atoms with E-state index < -0.39 is 11.4 Å². The second kappa shape index (κ2) is 2.80. The van der Waals surface area contributed by atoms with E-state index in [9.17, 15) is 4.79 Å². The second-order valence-corrected chi connectivity index (χ2v) is 4.16. The third-order valence-electron chi connectivity index (χ3n) is 2.45. The molecule has 5 nitrogen and oxygen atoms in total. The van der Waals surface area contributed by atoms with Gasteiger partial charge in [0.2, 0.25) is 5.89 Å². The normalized spacial score (nSPS) is 17.0. The largest absolute Gasteiger partial charge is 0.480 e. The van der Waals surface area contributed by atoms with Crippen molar-refractivity contribution in [3.8, 4) is 0 Å². The minimum absolute atomic E-state index is 0.187. The van der Waals surface area contributed by atoms with Crippen LogP contribution in [0.5, 0.6) is 0 Å². The van der Waals surface area contributed by atoms with E-state index in [1.165, 1.54) is 0 Å². The Labute approximate surface area is 81.1 Å². The summed E-state index contributed by atoms with van der Waals surface area (Å²) in [7, 11) is 0. The molecule has 1 heterocycles. The first-order valence-corrected chi connectivity index (χ1v) is 4.59. The van der Waals surface area contributed by atoms with E-state index in [4.69, 9.17) is 9.63 Å². The molecule has 2 rings (SSSR count). The molecule has 0 saturated heterocycles. The molecule has 1 fully saturated rings. The number of rotatable bonds is 3. The number of carbonyl (C=O) groups is 1. The molecular weight excluding hydrogens is 184 g/mol. The summed E-state index contributed by atoms with van der Waals surface area (Å²) in [5.41, 5.74) is -1.10. The Bertz CT molecular complexity index is 366. The van der Waals surface area contributed by atoms with Crippen molar-refractivity contribution in [1.82, 2.24) is 10.1 Å². The topological polar surface area (TPSA) is 76.2 Å². The van der Waals surface area contributed by atoms with Crippen LogP contribution in [0.4, 0.5) is 0 Å². The maximum absolute atomic E-state index is 10.9. The molecule has 1 aliphatic rings. The highest BCUT2D eigenvalue weighted by molar-refractivity contribution is 5.78. The van der Waals surface area contributed by atoms with Gasteiger partial charge in [-0.2, -0.15) is 4.98 Å². The van der Waals surface area contributed by atoms with Gasteiger partial charge in [-0.25, -0.2) is 0 Å². The lowest BCUT2D eigenvalue weighted by Gasteiger charge is -2.12. The maximum atomic E-state index is 10.9. The zero-order valence-electron chi connectivity index (χ0n) is 8.15. The quantitative estimate of drug-likeness (QED) is 0.788. The van der Waals surface area contributed by atoms with Gasteiger partial charge in [0.25, 0.3) is 0 Å². The lowest BCUT2D eigenvalue weighted by atomic mass is 9.94. The van der Waals surface area contributed by atoms with Crippen molar-refractivity contribution in [3.63, 3.8) is 0 Å². The number of carboxylic acids is 1. The molecule has 0 aromatic carbocycles. The van der Waals surface area contributed by atoms with Crippen LogP contribution in [0, 0.1) is 0 Å². The lowest BCUT2D eigenvalue weighted by molar-refractivity contribution is -0.143. The zero-order chi connectivity index (χ0) is 10.3. The van der Waals surface area contributed by atoms with E-state index in [1.807, 2.05) is 0 Å². The fraction of sp³-hybridized carbons (Fsp3) is 0.667. The van der Waals surface area contributed by atoms with Gasteiger partial charge < -0.3 is 9.63 Å². The molecule has 5 heteroatoms. The Morgan fingerprint density at radius 2 is 2.21 bits per heavy atom. The molecule has 1 aliphatic carbocycles. The van der Waals surface area contributed by atoms with E-state index in [0.717, 1.165) is 12.8 Å². The zero-order valence-corrected chi connectivity index (χ0v) is 8.15. The predicted molar refractivity (Wildman–Crippen MR) is 46.9 cm³/mol. The van der Waals surface area contributed by atoms with Gasteiger partial charge in [-0.05, 0) is 26.7 Å². The van der Waals surface area contributed by atoms with Crippen LogP contribution in [0.2, 0.25) is 0 Å². The van der Waals surface area contributed by atoms with Crippen LogP contribution < -0.4 is 0 Å². The molecule has 0 amide bonds. The average Bonchev–Trinajstić information content (AvgIpc) is 2.83. The first-order chi connectivity index (χ1) is 6.51. The van der Waals surface area contributed by atoms with Gasteiger partial charge in [0.15, 0.2) is 5.82 Å². The highest BCUT2D eigenvalue weighted by Crippen LogP contribution is 2.38. The predicted octanol–water partition coefficient (Wildman–Crippen LogP) is 1.31. The van der Waals surface area contributed by atoms with E-state index in [1.54, 1.807) is 13.8 Å². The standard InChI is InChI=1S/C9H12N2O3/c1-9(2,8(12)13)7-10-6(11-14-7)5-3-4-5/h5H,3-4H2,1-2H3,(H,12,13). The molecule has 14 heavy (non-hydrogen) atoms. The fourth-order valence-electron chi connectivity index (χ4n) is 1.09. The Balaban J connectivity index is 2.27. The third-order valence-corrected chi connectivity index (χ3v) is 2.45. The summed E-state index contributed by atoms with van der Waals surface area (Å²) in [4.78, 5) is 15.0. The third kappa shape index (κ3) is 1.38. The SMILES string of the molecule is CC(C)(C(=O)O)c1nc(C2CC2)no1. The first-order valence-electron chi connectivity index (χ1n) is 4.59. The smallest absolute Gasteiger partial charge is 0.318 e. The van der Waals surface area contributed by atoms with Crippen LogP contribution in [0.15, 0.2) is 4.52 Å². The summed E-state index contributed by atoms with van der Waals surface area (Å²) >= 11 is 0. The summed E-state index contributed by atoms with van der Waals surface area (Å²) in [5.74, 6) is 0.266. The Hall–Kier alpha value is -1.39. The molecule has 1 aromatic rings. The molecule has 1 aromatic heterocycles. The van der Waals surface area contributed by atoms with E-state index in [-0.39, 0.29) is 5.89 Å². The van der Waals surface area contributed by atoms with Crippen molar-refractivity contribution in [3.05, 3.63) is 11.7 Å². The van der Waals surface area contributed by atoms with Crippen molar-refractivity contribution in [1.29, 1.82) is 0 Å². The lowest BCUT2D eigenvalue weighted by Crippen LogP contribution is -2.28. The highest BCUT2D eigenvalue weighted by Gasteiger charge is 2.38. The molecule has 0 unspecified atom stereocenters. The van der Waals surface area contributed by atoms with Crippen molar-refractivity contribution >= 4 is 5.97 Å². The van der Waals surface area contributed by atoms with Crippen LogP contribution in [-0.4, -0.2) is 21.2 Å². The van der Waals surface area contributed by atoms with Crippen LogP contribution in [-0.2, 0) is 10.2 Å². The van der Waals surface area contributed by atoms with Gasteiger partial charge in [-0.3, -0.25) is 4.79 Å². The monoisotopic (exact) mass is 196 g/mol. The number of hydrogen-bond acceptors (Lipinski definition) is 4. The molecule has 0 atom stereocenters. The molecule has 1 N–H and O–H groups in total. The molecule has 0 aliphatic heterocycles. The summed E-state index contributed by atoms with van der Waals surface area (Å²) in [5, 5.41) is 12.7. The van der Waals surface area contributed by atoms with E-state index in [0.29, 0.717) is 11.7 Å². The van der Waals surface area contributed by atoms with E-state index in [2.05, 4.69) is 10.1 Å². The summed E-state index contributed by atoms with van der Waals surface area (Å²) in [6.07, 6.45) is 2.15. The fourth-order valence-corrected chi connectivity index (χ4v) is 1.09. The molecule has 0 spiro atoms. The minimum Gasteiger partial charge on any atom is -0.480 e. The van der Waals surface area contributed by atoms with Crippen LogP contribution in [0.3, 0.4) is 0 Å². The summed E-state index contributed by atoms with van der Waals surface area (Å²) in [6, 6.07) is 0. The molecular formula is C9H12N2O3. The average molecular weight is 196 g/mol. The van der Waals surface area contributed by atoms with Crippen molar-refractivity contribution in [2.75, 3.05) is 0 Å². The second-order valence-electron chi connectivity index (χ2n) is 4.16. The number of nitrogens with zero attached hydrogens (tertiary/aromatic N) is 2. The van der Waals surface area contributed by atoms with Crippen LogP contribution >= 0.6 is 0 Å². The number of hydrogen-bond donors (Lipinski definition) is 1. The van der Waals surface area contributed by atoms with Gasteiger partial charge in [0.1, 0.15) is 5.41 Å². The van der Waals surface area contributed by atoms with Gasteiger partial charge in [-0.1, -0.05) is 5.16 Å². The van der Waals surface area contributed by atoms with Gasteiger partial charge in [0, 0.05) is 5.92 Å². The highest BCUT2D eigenvalue weighted by atomic mass is 16.5. The van der Waals surface area contributed by atoms with E-state index >= 15 is 0 Å². The number of carboxylic acid groups (broad SMARTS) is 1. The molecule has 0 bridgehead atoms. The van der Waals surface area contributed by atoms with Crippen molar-refractivity contribution < 1.29 is 14.4 Å². The maximum Gasteiger partial charge on any atom is 0.318 e. The Morgan fingerprint density at radius 3 is 2.71 bits per heavy atom. The number of aromatic nitrogens is 2. The molecule has 0 radical (unpaired) electrons. The summed E-state index contributed by atoms with van der Waals surface area (Å²) < 4.78 is 4.95.